The van der Waals surface area contributed by atoms with Crippen molar-refractivity contribution >= 4 is 27.0 Å². The first-order chi connectivity index (χ1) is 4.00. The summed E-state index contributed by atoms with van der Waals surface area (Å²) in [7, 11) is 0. The molecule has 2 aliphatic rings. The zero-order valence-electron chi connectivity index (χ0n) is 6.40. The zero-order chi connectivity index (χ0) is 5.66. The SMILES string of the molecule is C1=CCCC1.C1CC1.S.S. The van der Waals surface area contributed by atoms with Crippen LogP contribution in [0.15, 0.2) is 12.2 Å². The van der Waals surface area contributed by atoms with E-state index in [2.05, 4.69) is 12.2 Å². The van der Waals surface area contributed by atoms with Crippen LogP contribution in [-0.4, -0.2) is 0 Å². The van der Waals surface area contributed by atoms with Crippen molar-refractivity contribution in [2.45, 2.75) is 38.5 Å². The molecule has 0 nitrogen and oxygen atoms in total. The van der Waals surface area contributed by atoms with Crippen molar-refractivity contribution in [2.75, 3.05) is 0 Å². The third kappa shape index (κ3) is 11.3. The van der Waals surface area contributed by atoms with Crippen LogP contribution in [-0.2, 0) is 0 Å². The van der Waals surface area contributed by atoms with Gasteiger partial charge in [0, 0.05) is 0 Å². The van der Waals surface area contributed by atoms with Crippen molar-refractivity contribution in [3.63, 3.8) is 0 Å². The van der Waals surface area contributed by atoms with Gasteiger partial charge in [-0.25, -0.2) is 0 Å². The van der Waals surface area contributed by atoms with Gasteiger partial charge in [0.25, 0.3) is 0 Å². The predicted molar refractivity (Wildman–Crippen MR) is 57.6 cm³/mol. The van der Waals surface area contributed by atoms with E-state index < -0.39 is 0 Å². The lowest BCUT2D eigenvalue weighted by molar-refractivity contribution is 0.929. The van der Waals surface area contributed by atoms with Crippen molar-refractivity contribution in [1.29, 1.82) is 0 Å². The monoisotopic (exact) mass is 178 g/mol. The Labute approximate surface area is 78.0 Å². The molecule has 0 spiro atoms. The van der Waals surface area contributed by atoms with Crippen molar-refractivity contribution in [3.05, 3.63) is 12.2 Å². The second-order valence-electron chi connectivity index (χ2n) is 2.46. The molecule has 0 aliphatic heterocycles. The highest BCUT2D eigenvalue weighted by Crippen LogP contribution is 2.14. The number of hydrogen-bond acceptors (Lipinski definition) is 0. The van der Waals surface area contributed by atoms with Gasteiger partial charge < -0.3 is 0 Å². The summed E-state index contributed by atoms with van der Waals surface area (Å²) >= 11 is 0. The van der Waals surface area contributed by atoms with Crippen LogP contribution in [0.2, 0.25) is 0 Å². The maximum absolute atomic E-state index is 2.24. The van der Waals surface area contributed by atoms with Crippen LogP contribution in [0.4, 0.5) is 0 Å². The maximum atomic E-state index is 2.24. The minimum atomic E-state index is 0. The van der Waals surface area contributed by atoms with E-state index in [9.17, 15) is 0 Å². The van der Waals surface area contributed by atoms with Crippen LogP contribution in [0.3, 0.4) is 0 Å². The lowest BCUT2D eigenvalue weighted by Gasteiger charge is -1.69. The van der Waals surface area contributed by atoms with E-state index in [1.807, 2.05) is 0 Å². The molecule has 2 heteroatoms. The van der Waals surface area contributed by atoms with Gasteiger partial charge in [-0.2, -0.15) is 27.0 Å². The van der Waals surface area contributed by atoms with Gasteiger partial charge >= 0.3 is 0 Å². The van der Waals surface area contributed by atoms with Gasteiger partial charge in [-0.1, -0.05) is 31.4 Å². The van der Waals surface area contributed by atoms with Crippen molar-refractivity contribution in [2.24, 2.45) is 0 Å². The molecule has 0 aromatic carbocycles. The normalized spacial score (nSPS) is 17.6. The first-order valence-electron chi connectivity index (χ1n) is 3.65. The summed E-state index contributed by atoms with van der Waals surface area (Å²) < 4.78 is 0. The van der Waals surface area contributed by atoms with E-state index in [0.29, 0.717) is 0 Å². The van der Waals surface area contributed by atoms with Crippen LogP contribution in [0.1, 0.15) is 38.5 Å². The molecule has 62 valence electrons. The quantitative estimate of drug-likeness (QED) is 0.500. The molecule has 0 radical (unpaired) electrons. The Hall–Kier alpha value is 0.440. The van der Waals surface area contributed by atoms with E-state index in [4.69, 9.17) is 0 Å². The maximum Gasteiger partial charge on any atom is -0.0348 e. The second kappa shape index (κ2) is 9.44. The van der Waals surface area contributed by atoms with E-state index in [1.165, 1.54) is 38.5 Å². The molecule has 2 aliphatic carbocycles. The molecule has 0 heterocycles. The molecule has 0 N–H and O–H groups in total. The lowest BCUT2D eigenvalue weighted by Crippen LogP contribution is -1.50. The zero-order valence-corrected chi connectivity index (χ0v) is 8.40. The summed E-state index contributed by atoms with van der Waals surface area (Å²) in [6.45, 7) is 0. The van der Waals surface area contributed by atoms with Crippen LogP contribution in [0.5, 0.6) is 0 Å². The number of allylic oxidation sites excluding steroid dienone is 2. The highest BCUT2D eigenvalue weighted by Gasteiger charge is 1.95. The van der Waals surface area contributed by atoms with Crippen molar-refractivity contribution in [3.8, 4) is 0 Å². The first-order valence-corrected chi connectivity index (χ1v) is 3.65. The summed E-state index contributed by atoms with van der Waals surface area (Å²) in [6, 6.07) is 0. The predicted octanol–water partition coefficient (Wildman–Crippen LogP) is 3.12. The minimum absolute atomic E-state index is 0. The average molecular weight is 178 g/mol. The summed E-state index contributed by atoms with van der Waals surface area (Å²) in [4.78, 5) is 0. The van der Waals surface area contributed by atoms with Crippen LogP contribution < -0.4 is 0 Å². The first kappa shape index (κ1) is 13.1. The van der Waals surface area contributed by atoms with Gasteiger partial charge in [-0.05, 0) is 19.3 Å². The molecule has 0 bridgehead atoms. The Kier molecular flexibility index (Phi) is 12.3. The fraction of sp³-hybridized carbons (Fsp3) is 0.750. The third-order valence-electron chi connectivity index (χ3n) is 1.26. The number of rotatable bonds is 0. The van der Waals surface area contributed by atoms with E-state index >= 15 is 0 Å². The molecule has 0 aromatic rings. The number of hydrogen-bond donors (Lipinski definition) is 0. The Balaban J connectivity index is 0. The molecule has 0 atom stereocenters. The molecule has 0 amide bonds. The molecular weight excluding hydrogens is 160 g/mol. The lowest BCUT2D eigenvalue weighted by atomic mass is 10.4. The van der Waals surface area contributed by atoms with Gasteiger partial charge in [-0.15, -0.1) is 0 Å². The summed E-state index contributed by atoms with van der Waals surface area (Å²) in [6.07, 6.45) is 13.0. The van der Waals surface area contributed by atoms with Gasteiger partial charge in [0.1, 0.15) is 0 Å². The third-order valence-corrected chi connectivity index (χ3v) is 1.26. The van der Waals surface area contributed by atoms with E-state index in [0.717, 1.165) is 0 Å². The molecule has 0 unspecified atom stereocenters. The average Bonchev–Trinajstić information content (AvgIpc) is 2.55. The minimum Gasteiger partial charge on any atom is -0.197 e. The van der Waals surface area contributed by atoms with Gasteiger partial charge in [0.15, 0.2) is 0 Å². The highest BCUT2D eigenvalue weighted by atomic mass is 32.1. The van der Waals surface area contributed by atoms with Crippen molar-refractivity contribution < 1.29 is 0 Å². The van der Waals surface area contributed by atoms with Crippen LogP contribution >= 0.6 is 27.0 Å². The van der Waals surface area contributed by atoms with Crippen LogP contribution in [0, 0.1) is 0 Å². The molecule has 0 aromatic heterocycles. The van der Waals surface area contributed by atoms with Crippen molar-refractivity contribution in [1.82, 2.24) is 0 Å². The summed E-state index contributed by atoms with van der Waals surface area (Å²) in [5.74, 6) is 0. The molecular formula is C8H18S2. The summed E-state index contributed by atoms with van der Waals surface area (Å²) in [5.41, 5.74) is 0. The second-order valence-corrected chi connectivity index (χ2v) is 2.46. The molecule has 2 rings (SSSR count). The fourth-order valence-electron chi connectivity index (χ4n) is 0.589. The fourth-order valence-corrected chi connectivity index (χ4v) is 0.589. The van der Waals surface area contributed by atoms with Crippen LogP contribution in [0.25, 0.3) is 0 Å². The standard InChI is InChI=1S/C5H8.C3H6.2H2S/c1-2-4-5-3-1;1-2-3-1;;/h1-2H,3-5H2;1-3H2;2*1H2. The molecule has 10 heavy (non-hydrogen) atoms. The highest BCUT2D eigenvalue weighted by molar-refractivity contribution is 7.59. The van der Waals surface area contributed by atoms with E-state index in [1.54, 1.807) is 0 Å². The molecule has 0 saturated heterocycles. The molecule has 1 saturated carbocycles. The van der Waals surface area contributed by atoms with Gasteiger partial charge in [-0.3, -0.25) is 0 Å². The smallest absolute Gasteiger partial charge is 0.0348 e. The Bertz CT molecular complexity index is 68.6. The Morgan fingerprint density at radius 1 is 0.600 bits per heavy atom. The van der Waals surface area contributed by atoms with E-state index in [-0.39, 0.29) is 27.0 Å². The van der Waals surface area contributed by atoms with Gasteiger partial charge in [0.2, 0.25) is 0 Å². The topological polar surface area (TPSA) is 0 Å². The molecule has 1 fully saturated rings. The Morgan fingerprint density at radius 2 is 1.00 bits per heavy atom. The summed E-state index contributed by atoms with van der Waals surface area (Å²) in [5, 5.41) is 0. The van der Waals surface area contributed by atoms with Gasteiger partial charge in [0.05, 0.1) is 0 Å². The Morgan fingerprint density at radius 3 is 1.10 bits per heavy atom. The largest absolute Gasteiger partial charge is 0.197 e.